The lowest BCUT2D eigenvalue weighted by molar-refractivity contribution is -0.138. The molecule has 6 heteroatoms. The number of nitrogens with zero attached hydrogens (tertiary/aromatic N) is 1. The Morgan fingerprint density at radius 1 is 1.06 bits per heavy atom. The van der Waals surface area contributed by atoms with Crippen LogP contribution in [0.15, 0.2) is 47.1 Å². The zero-order valence-corrected chi connectivity index (χ0v) is 10.5. The molecule has 0 unspecified atom stereocenters. The third kappa shape index (κ3) is 2.81. The van der Waals surface area contributed by atoms with Crippen LogP contribution in [-0.2, 0) is 6.18 Å². The number of rotatable bonds is 2. The van der Waals surface area contributed by atoms with Gasteiger partial charge in [-0.1, -0.05) is 12.1 Å². The lowest BCUT2D eigenvalue weighted by atomic mass is 10.2. The van der Waals surface area contributed by atoms with E-state index in [0.717, 1.165) is 6.07 Å². The molecule has 0 bridgehead atoms. The molecule has 0 aliphatic heterocycles. The number of alkyl halides is 3. The Kier molecular flexibility index (Phi) is 3.56. The Bertz CT molecular complexity index is 557. The number of hydrogen-bond acceptors (Lipinski definition) is 2. The van der Waals surface area contributed by atoms with E-state index in [9.17, 15) is 13.2 Å². The summed E-state index contributed by atoms with van der Waals surface area (Å²) < 4.78 is 43.9. The fraction of sp³-hybridized carbons (Fsp3) is 0.0833. The van der Waals surface area contributed by atoms with Crippen molar-refractivity contribution in [2.24, 2.45) is 0 Å². The highest BCUT2D eigenvalue weighted by molar-refractivity contribution is 9.10. The number of halogens is 4. The van der Waals surface area contributed by atoms with E-state index in [-0.39, 0.29) is 11.6 Å². The van der Waals surface area contributed by atoms with Crippen LogP contribution in [0.1, 0.15) is 5.56 Å². The third-order valence-corrected chi connectivity index (χ3v) is 2.73. The number of benzene rings is 1. The Morgan fingerprint density at radius 2 is 1.78 bits per heavy atom. The van der Waals surface area contributed by atoms with Gasteiger partial charge in [-0.15, -0.1) is 0 Å². The lowest BCUT2D eigenvalue weighted by Gasteiger charge is -2.13. The molecule has 0 fully saturated rings. The molecule has 0 amide bonds. The highest BCUT2D eigenvalue weighted by Gasteiger charge is 2.34. The molecule has 0 aliphatic carbocycles. The van der Waals surface area contributed by atoms with E-state index in [1.54, 1.807) is 12.1 Å². The van der Waals surface area contributed by atoms with Crippen molar-refractivity contribution in [3.05, 3.63) is 52.6 Å². The predicted octanol–water partition coefficient (Wildman–Crippen LogP) is 4.66. The minimum Gasteiger partial charge on any atom is -0.437 e. The number of ether oxygens (including phenoxy) is 1. The summed E-state index contributed by atoms with van der Waals surface area (Å²) in [5.74, 6) is -0.182. The molecule has 0 saturated heterocycles. The van der Waals surface area contributed by atoms with Crippen LogP contribution in [0.3, 0.4) is 0 Å². The smallest absolute Gasteiger partial charge is 0.419 e. The SMILES string of the molecule is FC(F)(F)c1ccccc1Oc1ncccc1Br. The Morgan fingerprint density at radius 3 is 2.44 bits per heavy atom. The van der Waals surface area contributed by atoms with Crippen LogP contribution >= 0.6 is 15.9 Å². The maximum absolute atomic E-state index is 12.7. The van der Waals surface area contributed by atoms with Crippen LogP contribution in [0.25, 0.3) is 0 Å². The van der Waals surface area contributed by atoms with Gasteiger partial charge in [0.1, 0.15) is 5.75 Å². The summed E-state index contributed by atoms with van der Waals surface area (Å²) in [6.45, 7) is 0. The van der Waals surface area contributed by atoms with E-state index >= 15 is 0 Å². The van der Waals surface area contributed by atoms with Crippen LogP contribution in [0.5, 0.6) is 11.6 Å². The summed E-state index contributed by atoms with van der Waals surface area (Å²) in [7, 11) is 0. The van der Waals surface area contributed by atoms with Crippen LogP contribution in [-0.4, -0.2) is 4.98 Å². The van der Waals surface area contributed by atoms with E-state index in [4.69, 9.17) is 4.74 Å². The number of para-hydroxylation sites is 1. The first-order valence-electron chi connectivity index (χ1n) is 4.93. The molecule has 0 atom stereocenters. The molecular formula is C12H7BrF3NO. The maximum Gasteiger partial charge on any atom is 0.419 e. The lowest BCUT2D eigenvalue weighted by Crippen LogP contribution is -2.07. The summed E-state index contributed by atoms with van der Waals surface area (Å²) >= 11 is 3.16. The van der Waals surface area contributed by atoms with Gasteiger partial charge in [0.2, 0.25) is 5.88 Å². The standard InChI is InChI=1S/C12H7BrF3NO/c13-9-5-3-7-17-11(9)18-10-6-2-1-4-8(10)12(14,15)16/h1-7H. The van der Waals surface area contributed by atoms with Crippen LogP contribution < -0.4 is 4.74 Å². The van der Waals surface area contributed by atoms with E-state index in [1.165, 1.54) is 24.4 Å². The van der Waals surface area contributed by atoms with Gasteiger partial charge in [0.25, 0.3) is 0 Å². The van der Waals surface area contributed by atoms with Gasteiger partial charge >= 0.3 is 6.18 Å². The molecular weight excluding hydrogens is 311 g/mol. The Labute approximate surface area is 110 Å². The van der Waals surface area contributed by atoms with Crippen molar-refractivity contribution in [3.63, 3.8) is 0 Å². The van der Waals surface area contributed by atoms with Crippen molar-refractivity contribution in [2.75, 3.05) is 0 Å². The highest BCUT2D eigenvalue weighted by atomic mass is 79.9. The van der Waals surface area contributed by atoms with Crippen LogP contribution in [0, 0.1) is 0 Å². The molecule has 0 spiro atoms. The molecule has 2 rings (SSSR count). The van der Waals surface area contributed by atoms with Crippen molar-refractivity contribution in [2.45, 2.75) is 6.18 Å². The molecule has 94 valence electrons. The fourth-order valence-corrected chi connectivity index (χ4v) is 1.68. The van der Waals surface area contributed by atoms with Gasteiger partial charge in [-0.05, 0) is 40.2 Å². The average Bonchev–Trinajstić information content (AvgIpc) is 2.31. The number of pyridine rings is 1. The zero-order valence-electron chi connectivity index (χ0n) is 8.91. The Hall–Kier alpha value is -1.56. The van der Waals surface area contributed by atoms with Crippen molar-refractivity contribution in [3.8, 4) is 11.6 Å². The normalized spacial score (nSPS) is 11.3. The molecule has 1 aromatic carbocycles. The minimum atomic E-state index is -4.46. The monoisotopic (exact) mass is 317 g/mol. The second-order valence-electron chi connectivity index (χ2n) is 3.39. The summed E-state index contributed by atoms with van der Waals surface area (Å²) in [5.41, 5.74) is -0.831. The highest BCUT2D eigenvalue weighted by Crippen LogP contribution is 2.38. The first-order valence-corrected chi connectivity index (χ1v) is 5.72. The molecule has 0 saturated carbocycles. The van der Waals surface area contributed by atoms with Gasteiger partial charge in [-0.3, -0.25) is 0 Å². The van der Waals surface area contributed by atoms with Crippen molar-refractivity contribution < 1.29 is 17.9 Å². The summed E-state index contributed by atoms with van der Waals surface area (Å²) in [6, 6.07) is 8.28. The average molecular weight is 318 g/mol. The summed E-state index contributed by atoms with van der Waals surface area (Å²) in [6.07, 6.45) is -3.02. The summed E-state index contributed by atoms with van der Waals surface area (Å²) in [4.78, 5) is 3.86. The van der Waals surface area contributed by atoms with E-state index in [0.29, 0.717) is 4.47 Å². The van der Waals surface area contributed by atoms with E-state index in [1.807, 2.05) is 0 Å². The molecule has 0 radical (unpaired) electrons. The molecule has 2 aromatic rings. The largest absolute Gasteiger partial charge is 0.437 e. The summed E-state index contributed by atoms with van der Waals surface area (Å²) in [5, 5.41) is 0. The number of aromatic nitrogens is 1. The van der Waals surface area contributed by atoms with Gasteiger partial charge in [0.15, 0.2) is 0 Å². The van der Waals surface area contributed by atoms with Crippen molar-refractivity contribution in [1.82, 2.24) is 4.98 Å². The molecule has 1 heterocycles. The van der Waals surface area contributed by atoms with Gasteiger partial charge in [-0.2, -0.15) is 13.2 Å². The molecule has 18 heavy (non-hydrogen) atoms. The third-order valence-electron chi connectivity index (χ3n) is 2.12. The second kappa shape index (κ2) is 4.97. The van der Waals surface area contributed by atoms with E-state index in [2.05, 4.69) is 20.9 Å². The molecule has 1 aromatic heterocycles. The zero-order chi connectivity index (χ0) is 13.2. The maximum atomic E-state index is 12.7. The van der Waals surface area contributed by atoms with Gasteiger partial charge in [-0.25, -0.2) is 4.98 Å². The van der Waals surface area contributed by atoms with Gasteiger partial charge in [0.05, 0.1) is 10.0 Å². The van der Waals surface area contributed by atoms with Crippen LogP contribution in [0.2, 0.25) is 0 Å². The van der Waals surface area contributed by atoms with Gasteiger partial charge in [0, 0.05) is 6.20 Å². The molecule has 2 nitrogen and oxygen atoms in total. The quantitative estimate of drug-likeness (QED) is 0.804. The fourth-order valence-electron chi connectivity index (χ4n) is 1.34. The minimum absolute atomic E-state index is 0.0919. The van der Waals surface area contributed by atoms with Crippen LogP contribution in [0.4, 0.5) is 13.2 Å². The van der Waals surface area contributed by atoms with Gasteiger partial charge < -0.3 is 4.74 Å². The van der Waals surface area contributed by atoms with Crippen molar-refractivity contribution in [1.29, 1.82) is 0 Å². The first kappa shape index (κ1) is 12.9. The molecule has 0 N–H and O–H groups in total. The topological polar surface area (TPSA) is 22.1 Å². The second-order valence-corrected chi connectivity index (χ2v) is 4.24. The van der Waals surface area contributed by atoms with E-state index < -0.39 is 11.7 Å². The van der Waals surface area contributed by atoms with Crippen molar-refractivity contribution >= 4 is 15.9 Å². The predicted molar refractivity (Wildman–Crippen MR) is 63.5 cm³/mol. The molecule has 0 aliphatic rings. The first-order chi connectivity index (χ1) is 8.48. The Balaban J connectivity index is 2.39. The number of hydrogen-bond donors (Lipinski definition) is 0.